The molecule has 7 nitrogen and oxygen atoms in total. The van der Waals surface area contributed by atoms with Gasteiger partial charge in [-0.2, -0.15) is 5.10 Å². The quantitative estimate of drug-likeness (QED) is 0.620. The van der Waals surface area contributed by atoms with Crippen molar-refractivity contribution in [1.29, 1.82) is 0 Å². The van der Waals surface area contributed by atoms with Crippen molar-refractivity contribution in [1.82, 2.24) is 29.7 Å². The topological polar surface area (TPSA) is 77.1 Å². The highest BCUT2D eigenvalue weighted by Gasteiger charge is 2.15. The SMILES string of the molecule is Cn1nc(-c2ccccc2)cc1C(=O)NCc1nnc2ccccn12. The van der Waals surface area contributed by atoms with E-state index in [1.165, 1.54) is 0 Å². The fraction of sp³-hybridized carbons (Fsp3) is 0.111. The third kappa shape index (κ3) is 2.87. The van der Waals surface area contributed by atoms with Gasteiger partial charge >= 0.3 is 0 Å². The second-order valence-corrected chi connectivity index (χ2v) is 5.63. The Kier molecular flexibility index (Phi) is 3.74. The molecule has 0 fully saturated rings. The molecule has 7 heteroatoms. The zero-order chi connectivity index (χ0) is 17.2. The molecular formula is C18H16N6O. The molecule has 0 aliphatic carbocycles. The number of aryl methyl sites for hydroxylation is 1. The van der Waals surface area contributed by atoms with Crippen LogP contribution in [0.4, 0.5) is 0 Å². The number of amides is 1. The van der Waals surface area contributed by atoms with Crippen LogP contribution in [-0.2, 0) is 13.6 Å². The molecule has 4 rings (SSSR count). The van der Waals surface area contributed by atoms with Crippen LogP contribution in [0.5, 0.6) is 0 Å². The summed E-state index contributed by atoms with van der Waals surface area (Å²) in [4.78, 5) is 12.5. The molecule has 0 saturated carbocycles. The number of pyridine rings is 1. The number of aromatic nitrogens is 5. The number of nitrogens with one attached hydrogen (secondary N) is 1. The summed E-state index contributed by atoms with van der Waals surface area (Å²) in [6.07, 6.45) is 1.87. The Labute approximate surface area is 143 Å². The molecule has 0 unspecified atom stereocenters. The van der Waals surface area contributed by atoms with E-state index in [0.717, 1.165) is 16.9 Å². The number of benzene rings is 1. The molecule has 1 N–H and O–H groups in total. The molecule has 0 radical (unpaired) electrons. The molecule has 0 atom stereocenters. The van der Waals surface area contributed by atoms with E-state index in [9.17, 15) is 4.79 Å². The van der Waals surface area contributed by atoms with Crippen LogP contribution in [0, 0.1) is 0 Å². The predicted octanol–water partition coefficient (Wildman–Crippen LogP) is 2.06. The van der Waals surface area contributed by atoms with Crippen LogP contribution in [-0.4, -0.2) is 30.3 Å². The Balaban J connectivity index is 1.53. The third-order valence-electron chi connectivity index (χ3n) is 3.97. The number of nitrogens with zero attached hydrogens (tertiary/aromatic N) is 5. The van der Waals surface area contributed by atoms with Crippen LogP contribution < -0.4 is 5.32 Å². The monoisotopic (exact) mass is 332 g/mol. The van der Waals surface area contributed by atoms with Crippen LogP contribution in [0.25, 0.3) is 16.9 Å². The second kappa shape index (κ2) is 6.20. The fourth-order valence-electron chi connectivity index (χ4n) is 2.69. The molecule has 1 aromatic carbocycles. The lowest BCUT2D eigenvalue weighted by atomic mass is 10.1. The van der Waals surface area contributed by atoms with Crippen molar-refractivity contribution in [3.8, 4) is 11.3 Å². The average Bonchev–Trinajstić information content (AvgIpc) is 3.24. The van der Waals surface area contributed by atoms with Crippen LogP contribution >= 0.6 is 0 Å². The molecule has 1 amide bonds. The third-order valence-corrected chi connectivity index (χ3v) is 3.97. The first-order chi connectivity index (χ1) is 12.2. The van der Waals surface area contributed by atoms with Gasteiger partial charge in [0.2, 0.25) is 0 Å². The van der Waals surface area contributed by atoms with Crippen LogP contribution in [0.1, 0.15) is 16.3 Å². The summed E-state index contributed by atoms with van der Waals surface area (Å²) in [6, 6.07) is 17.2. The maximum atomic E-state index is 12.5. The lowest BCUT2D eigenvalue weighted by Crippen LogP contribution is -2.26. The van der Waals surface area contributed by atoms with E-state index in [1.54, 1.807) is 17.8 Å². The predicted molar refractivity (Wildman–Crippen MR) is 92.8 cm³/mol. The molecule has 124 valence electrons. The molecular weight excluding hydrogens is 316 g/mol. The van der Waals surface area contributed by atoms with Crippen molar-refractivity contribution in [2.24, 2.45) is 7.05 Å². The minimum atomic E-state index is -0.204. The zero-order valence-electron chi connectivity index (χ0n) is 13.6. The van der Waals surface area contributed by atoms with E-state index in [4.69, 9.17) is 0 Å². The fourth-order valence-corrected chi connectivity index (χ4v) is 2.69. The van der Waals surface area contributed by atoms with Gasteiger partial charge < -0.3 is 5.32 Å². The summed E-state index contributed by atoms with van der Waals surface area (Å²) in [7, 11) is 1.76. The summed E-state index contributed by atoms with van der Waals surface area (Å²) >= 11 is 0. The largest absolute Gasteiger partial charge is 0.343 e. The lowest BCUT2D eigenvalue weighted by molar-refractivity contribution is 0.0940. The average molecular weight is 332 g/mol. The summed E-state index contributed by atoms with van der Waals surface area (Å²) in [6.45, 7) is 0.288. The van der Waals surface area contributed by atoms with Crippen molar-refractivity contribution in [2.45, 2.75) is 6.54 Å². The van der Waals surface area contributed by atoms with Gasteiger partial charge in [0, 0.05) is 18.8 Å². The Bertz CT molecular complexity index is 1030. The van der Waals surface area contributed by atoms with E-state index >= 15 is 0 Å². The first-order valence-corrected chi connectivity index (χ1v) is 7.88. The van der Waals surface area contributed by atoms with Gasteiger partial charge in [-0.05, 0) is 18.2 Å². The van der Waals surface area contributed by atoms with E-state index in [0.29, 0.717) is 11.5 Å². The molecule has 0 spiro atoms. The molecule has 3 heterocycles. The molecule has 3 aromatic heterocycles. The van der Waals surface area contributed by atoms with Gasteiger partial charge in [0.05, 0.1) is 12.2 Å². The highest BCUT2D eigenvalue weighted by molar-refractivity contribution is 5.93. The number of hydrogen-bond acceptors (Lipinski definition) is 4. The first kappa shape index (κ1) is 15.1. The maximum Gasteiger partial charge on any atom is 0.269 e. The smallest absolute Gasteiger partial charge is 0.269 e. The number of hydrogen-bond donors (Lipinski definition) is 1. The van der Waals surface area contributed by atoms with Crippen molar-refractivity contribution >= 4 is 11.6 Å². The first-order valence-electron chi connectivity index (χ1n) is 7.88. The number of fused-ring (bicyclic) bond motifs is 1. The zero-order valence-corrected chi connectivity index (χ0v) is 13.6. The molecule has 0 aliphatic heterocycles. The Morgan fingerprint density at radius 3 is 2.72 bits per heavy atom. The number of carbonyl (C=O) groups excluding carboxylic acids is 1. The van der Waals surface area contributed by atoms with E-state index in [-0.39, 0.29) is 12.5 Å². The van der Waals surface area contributed by atoms with Gasteiger partial charge in [-0.25, -0.2) is 0 Å². The highest BCUT2D eigenvalue weighted by Crippen LogP contribution is 2.18. The Hall–Kier alpha value is -3.48. The highest BCUT2D eigenvalue weighted by atomic mass is 16.2. The van der Waals surface area contributed by atoms with Gasteiger partial charge in [-0.15, -0.1) is 10.2 Å². The standard InChI is InChI=1S/C18H16N6O/c1-23-15(11-14(22-23)13-7-3-2-4-8-13)18(25)19-12-17-21-20-16-9-5-6-10-24(16)17/h2-11H,12H2,1H3,(H,19,25). The van der Waals surface area contributed by atoms with Crippen LogP contribution in [0.15, 0.2) is 60.8 Å². The summed E-state index contributed by atoms with van der Waals surface area (Å²) < 4.78 is 3.43. The lowest BCUT2D eigenvalue weighted by Gasteiger charge is -2.04. The maximum absolute atomic E-state index is 12.5. The van der Waals surface area contributed by atoms with Crippen molar-refractivity contribution < 1.29 is 4.79 Å². The Morgan fingerprint density at radius 1 is 1.08 bits per heavy atom. The summed E-state index contributed by atoms with van der Waals surface area (Å²) in [5.41, 5.74) is 2.98. The van der Waals surface area contributed by atoms with Crippen molar-refractivity contribution in [2.75, 3.05) is 0 Å². The van der Waals surface area contributed by atoms with Crippen molar-refractivity contribution in [3.63, 3.8) is 0 Å². The van der Waals surface area contributed by atoms with Gasteiger partial charge in [0.15, 0.2) is 11.5 Å². The summed E-state index contributed by atoms with van der Waals surface area (Å²) in [5.74, 6) is 0.472. The van der Waals surface area contributed by atoms with Gasteiger partial charge in [-0.3, -0.25) is 13.9 Å². The van der Waals surface area contributed by atoms with Gasteiger partial charge in [-0.1, -0.05) is 36.4 Å². The molecule has 0 saturated heterocycles. The summed E-state index contributed by atoms with van der Waals surface area (Å²) in [5, 5.41) is 15.5. The molecule has 0 aliphatic rings. The molecule has 4 aromatic rings. The van der Waals surface area contributed by atoms with Crippen LogP contribution in [0.2, 0.25) is 0 Å². The van der Waals surface area contributed by atoms with Crippen molar-refractivity contribution in [3.05, 3.63) is 72.3 Å². The van der Waals surface area contributed by atoms with Gasteiger partial charge in [0.25, 0.3) is 5.91 Å². The normalized spacial score (nSPS) is 10.9. The molecule has 0 bridgehead atoms. The van der Waals surface area contributed by atoms with E-state index in [2.05, 4.69) is 20.6 Å². The molecule has 25 heavy (non-hydrogen) atoms. The number of carbonyl (C=O) groups is 1. The minimum Gasteiger partial charge on any atom is -0.343 e. The number of rotatable bonds is 4. The van der Waals surface area contributed by atoms with E-state index < -0.39 is 0 Å². The van der Waals surface area contributed by atoms with E-state index in [1.807, 2.05) is 59.1 Å². The van der Waals surface area contributed by atoms with Gasteiger partial charge in [0.1, 0.15) is 5.69 Å². The minimum absolute atomic E-state index is 0.204. The second-order valence-electron chi connectivity index (χ2n) is 5.63. The Morgan fingerprint density at radius 2 is 1.88 bits per heavy atom. The van der Waals surface area contributed by atoms with Crippen LogP contribution in [0.3, 0.4) is 0 Å².